The summed E-state index contributed by atoms with van der Waals surface area (Å²) in [6.45, 7) is 0.632. The van der Waals surface area contributed by atoms with E-state index in [1.54, 1.807) is 19.2 Å². The van der Waals surface area contributed by atoms with E-state index in [2.05, 4.69) is 10.5 Å². The Bertz CT molecular complexity index is 538. The molecule has 4 N–H and O–H groups in total. The predicted octanol–water partition coefficient (Wildman–Crippen LogP) is 0.790. The quantitative estimate of drug-likeness (QED) is 0.323. The minimum atomic E-state index is -0.651. The molecular weight excluding hydrogens is 290 g/mol. The highest BCUT2D eigenvalue weighted by Gasteiger charge is 2.17. The Hall–Kier alpha value is -1.60. The van der Waals surface area contributed by atoms with Gasteiger partial charge in [0.1, 0.15) is 5.75 Å². The number of rotatable bonds is 5. The lowest BCUT2D eigenvalue weighted by atomic mass is 10.1. The maximum Gasteiger partial charge on any atom is 0.170 e. The summed E-state index contributed by atoms with van der Waals surface area (Å²) in [4.78, 5) is 0. The topological polar surface area (TPSA) is 96.9 Å². The van der Waals surface area contributed by atoms with Crippen LogP contribution in [-0.4, -0.2) is 39.9 Å². The van der Waals surface area contributed by atoms with E-state index < -0.39 is 10.8 Å². The lowest BCUT2D eigenvalue weighted by Gasteiger charge is -2.23. The van der Waals surface area contributed by atoms with Crippen LogP contribution in [0.2, 0.25) is 0 Å². The van der Waals surface area contributed by atoms with Gasteiger partial charge in [0.05, 0.1) is 7.11 Å². The summed E-state index contributed by atoms with van der Waals surface area (Å²) < 4.78 is 16.7. The summed E-state index contributed by atoms with van der Waals surface area (Å²) in [7, 11) is 0.966. The molecule has 116 valence electrons. The van der Waals surface area contributed by atoms with Gasteiger partial charge in [-0.3, -0.25) is 4.21 Å². The molecular formula is C14H21N3O3S. The number of hydrogen-bond donors (Lipinski definition) is 3. The Morgan fingerprint density at radius 3 is 2.86 bits per heavy atom. The van der Waals surface area contributed by atoms with Gasteiger partial charge < -0.3 is 21.0 Å². The average Bonchev–Trinajstić information content (AvgIpc) is 2.53. The fraction of sp³-hybridized carbons (Fsp3) is 0.500. The van der Waals surface area contributed by atoms with Crippen LogP contribution in [0.15, 0.2) is 23.4 Å². The van der Waals surface area contributed by atoms with Crippen LogP contribution in [0.4, 0.5) is 0 Å². The summed E-state index contributed by atoms with van der Waals surface area (Å²) in [5.74, 6) is 2.36. The highest BCUT2D eigenvalue weighted by atomic mass is 32.2. The molecule has 0 amide bonds. The second kappa shape index (κ2) is 7.42. The lowest BCUT2D eigenvalue weighted by molar-refractivity contribution is 0.318. The minimum absolute atomic E-state index is 0.0759. The molecule has 0 saturated carbocycles. The maximum absolute atomic E-state index is 11.3. The summed E-state index contributed by atoms with van der Waals surface area (Å²) in [5, 5.41) is 15.2. The summed E-state index contributed by atoms with van der Waals surface area (Å²) in [6.07, 6.45) is 1.85. The predicted molar refractivity (Wildman–Crippen MR) is 83.2 cm³/mol. The molecule has 0 spiro atoms. The Labute approximate surface area is 126 Å². The zero-order chi connectivity index (χ0) is 15.2. The molecule has 1 saturated heterocycles. The molecule has 1 aliphatic heterocycles. The number of methoxy groups -OCH3 is 1. The minimum Gasteiger partial charge on any atom is -0.496 e. The molecule has 21 heavy (non-hydrogen) atoms. The number of nitrogens with one attached hydrogen (secondary N) is 1. The number of nitrogens with two attached hydrogens (primary N) is 1. The molecule has 0 radical (unpaired) electrons. The van der Waals surface area contributed by atoms with E-state index in [1.165, 1.54) is 0 Å². The zero-order valence-corrected chi connectivity index (χ0v) is 12.9. The standard InChI is InChI=1S/C14H21N3O3S/c1-20-13-3-2-10(14(15)17-18)8-11(13)9-16-12-4-6-21(19)7-5-12/h2-3,8,12,16,18H,4-7,9H2,1H3,(H2,15,17). The van der Waals surface area contributed by atoms with Crippen molar-refractivity contribution in [3.8, 4) is 5.75 Å². The van der Waals surface area contributed by atoms with E-state index in [-0.39, 0.29) is 5.84 Å². The van der Waals surface area contributed by atoms with E-state index in [0.29, 0.717) is 18.2 Å². The van der Waals surface area contributed by atoms with Crippen molar-refractivity contribution in [2.45, 2.75) is 25.4 Å². The molecule has 2 rings (SSSR count). The van der Waals surface area contributed by atoms with E-state index in [9.17, 15) is 4.21 Å². The first-order valence-corrected chi connectivity index (χ1v) is 8.36. The van der Waals surface area contributed by atoms with Crippen LogP contribution in [0.5, 0.6) is 5.75 Å². The van der Waals surface area contributed by atoms with Gasteiger partial charge in [0.25, 0.3) is 0 Å². The monoisotopic (exact) mass is 311 g/mol. The largest absolute Gasteiger partial charge is 0.496 e. The number of benzene rings is 1. The number of hydrogen-bond acceptors (Lipinski definition) is 5. The molecule has 0 aliphatic carbocycles. The van der Waals surface area contributed by atoms with Crippen LogP contribution in [0.25, 0.3) is 0 Å². The van der Waals surface area contributed by atoms with Crippen molar-refractivity contribution in [3.63, 3.8) is 0 Å². The highest BCUT2D eigenvalue weighted by molar-refractivity contribution is 7.85. The number of amidine groups is 1. The molecule has 0 aromatic heterocycles. The smallest absolute Gasteiger partial charge is 0.170 e. The van der Waals surface area contributed by atoms with Crippen LogP contribution in [-0.2, 0) is 17.3 Å². The van der Waals surface area contributed by atoms with Gasteiger partial charge in [0.2, 0.25) is 0 Å². The second-order valence-electron chi connectivity index (χ2n) is 5.02. The van der Waals surface area contributed by atoms with Gasteiger partial charge >= 0.3 is 0 Å². The molecule has 7 heteroatoms. The molecule has 1 aromatic rings. The SMILES string of the molecule is COc1ccc(/C(N)=N/O)cc1CNC1CCS(=O)CC1. The number of nitrogens with zero attached hydrogens (tertiary/aromatic N) is 1. The van der Waals surface area contributed by atoms with Crippen molar-refractivity contribution in [3.05, 3.63) is 29.3 Å². The third-order valence-corrected chi connectivity index (χ3v) is 5.04. The third-order valence-electron chi connectivity index (χ3n) is 3.65. The molecule has 0 atom stereocenters. The molecule has 0 bridgehead atoms. The van der Waals surface area contributed by atoms with Crippen molar-refractivity contribution in [1.82, 2.24) is 5.32 Å². The summed E-state index contributed by atoms with van der Waals surface area (Å²) >= 11 is 0. The van der Waals surface area contributed by atoms with Crippen molar-refractivity contribution in [2.24, 2.45) is 10.9 Å². The fourth-order valence-electron chi connectivity index (χ4n) is 2.39. The summed E-state index contributed by atoms with van der Waals surface area (Å²) in [6, 6.07) is 5.78. The Morgan fingerprint density at radius 1 is 1.52 bits per heavy atom. The van der Waals surface area contributed by atoms with E-state index in [1.807, 2.05) is 6.07 Å². The highest BCUT2D eigenvalue weighted by Crippen LogP contribution is 2.20. The van der Waals surface area contributed by atoms with E-state index in [0.717, 1.165) is 35.7 Å². The molecule has 1 heterocycles. The van der Waals surface area contributed by atoms with Crippen LogP contribution in [0.1, 0.15) is 24.0 Å². The molecule has 1 aliphatic rings. The van der Waals surface area contributed by atoms with E-state index in [4.69, 9.17) is 15.7 Å². The second-order valence-corrected chi connectivity index (χ2v) is 6.71. The molecule has 1 aromatic carbocycles. The van der Waals surface area contributed by atoms with E-state index >= 15 is 0 Å². The Kier molecular flexibility index (Phi) is 5.58. The van der Waals surface area contributed by atoms with Crippen molar-refractivity contribution in [1.29, 1.82) is 0 Å². The lowest BCUT2D eigenvalue weighted by Crippen LogP contribution is -2.35. The molecule has 1 fully saturated rings. The normalized spacial score (nSPS) is 23.0. The van der Waals surface area contributed by atoms with Gasteiger partial charge in [-0.15, -0.1) is 0 Å². The maximum atomic E-state index is 11.3. The van der Waals surface area contributed by atoms with Crippen molar-refractivity contribution >= 4 is 16.6 Å². The zero-order valence-electron chi connectivity index (χ0n) is 12.0. The number of oxime groups is 1. The average molecular weight is 311 g/mol. The van der Waals surface area contributed by atoms with Gasteiger partial charge in [-0.05, 0) is 31.0 Å². The van der Waals surface area contributed by atoms with Gasteiger partial charge in [-0.25, -0.2) is 0 Å². The molecule has 6 nitrogen and oxygen atoms in total. The number of ether oxygens (including phenoxy) is 1. The van der Waals surface area contributed by atoms with Crippen molar-refractivity contribution < 1.29 is 14.2 Å². The first-order valence-electron chi connectivity index (χ1n) is 6.87. The first kappa shape index (κ1) is 15.8. The Balaban J connectivity index is 2.05. The van der Waals surface area contributed by atoms with Gasteiger partial charge in [0.15, 0.2) is 5.84 Å². The van der Waals surface area contributed by atoms with Crippen LogP contribution < -0.4 is 15.8 Å². The van der Waals surface area contributed by atoms with Crippen LogP contribution in [0.3, 0.4) is 0 Å². The van der Waals surface area contributed by atoms with Crippen LogP contribution in [0, 0.1) is 0 Å². The molecule has 0 unspecified atom stereocenters. The summed E-state index contributed by atoms with van der Waals surface area (Å²) in [5.41, 5.74) is 7.22. The fourth-order valence-corrected chi connectivity index (χ4v) is 3.68. The van der Waals surface area contributed by atoms with Crippen LogP contribution >= 0.6 is 0 Å². The van der Waals surface area contributed by atoms with Crippen molar-refractivity contribution in [2.75, 3.05) is 18.6 Å². The third kappa shape index (κ3) is 4.18. The first-order chi connectivity index (χ1) is 10.1. The van der Waals surface area contributed by atoms with Gasteiger partial charge in [-0.2, -0.15) is 0 Å². The van der Waals surface area contributed by atoms with Gasteiger partial charge in [-0.1, -0.05) is 5.16 Å². The van der Waals surface area contributed by atoms with Gasteiger partial charge in [0, 0.05) is 46.0 Å². The Morgan fingerprint density at radius 2 is 2.24 bits per heavy atom.